The Hall–Kier alpha value is -1.06. The number of rotatable bonds is 3. The SMILES string of the molecule is CCOC1CC(N2Cc3ccc(N)cc3C2)C1. The molecule has 0 atom stereocenters. The normalized spacial score (nSPS) is 27.8. The molecule has 0 saturated heterocycles. The third-order valence-corrected chi connectivity index (χ3v) is 3.97. The Labute approximate surface area is 103 Å². The van der Waals surface area contributed by atoms with E-state index in [-0.39, 0.29) is 0 Å². The van der Waals surface area contributed by atoms with E-state index in [9.17, 15) is 0 Å². The fourth-order valence-electron chi connectivity index (χ4n) is 2.91. The Morgan fingerprint density at radius 1 is 1.29 bits per heavy atom. The van der Waals surface area contributed by atoms with Crippen molar-refractivity contribution in [2.24, 2.45) is 0 Å². The molecule has 1 aromatic carbocycles. The first-order valence-corrected chi connectivity index (χ1v) is 6.49. The Kier molecular flexibility index (Phi) is 2.81. The average molecular weight is 232 g/mol. The molecule has 0 spiro atoms. The van der Waals surface area contributed by atoms with Crippen molar-refractivity contribution in [1.82, 2.24) is 4.90 Å². The lowest BCUT2D eigenvalue weighted by molar-refractivity contribution is -0.0479. The largest absolute Gasteiger partial charge is 0.399 e. The van der Waals surface area contributed by atoms with Gasteiger partial charge in [0.25, 0.3) is 0 Å². The summed E-state index contributed by atoms with van der Waals surface area (Å²) in [6.45, 7) is 5.05. The predicted molar refractivity (Wildman–Crippen MR) is 68.5 cm³/mol. The van der Waals surface area contributed by atoms with Crippen molar-refractivity contribution < 1.29 is 4.74 Å². The van der Waals surface area contributed by atoms with Gasteiger partial charge in [-0.25, -0.2) is 0 Å². The molecule has 92 valence electrons. The molecular formula is C14H20N2O. The molecular weight excluding hydrogens is 212 g/mol. The van der Waals surface area contributed by atoms with E-state index in [0.29, 0.717) is 12.1 Å². The molecule has 1 aromatic rings. The first kappa shape index (κ1) is 11.1. The molecule has 0 unspecified atom stereocenters. The molecule has 1 aliphatic heterocycles. The molecule has 0 bridgehead atoms. The number of hydrogen-bond donors (Lipinski definition) is 1. The zero-order valence-electron chi connectivity index (χ0n) is 10.4. The van der Waals surface area contributed by atoms with E-state index in [2.05, 4.69) is 24.0 Å². The fourth-order valence-corrected chi connectivity index (χ4v) is 2.91. The standard InChI is InChI=1S/C14H20N2O/c1-2-17-14-6-13(7-14)16-8-10-3-4-12(15)5-11(10)9-16/h3-5,13-14H,2,6-9,15H2,1H3. The lowest BCUT2D eigenvalue weighted by Gasteiger charge is -2.40. The number of anilines is 1. The summed E-state index contributed by atoms with van der Waals surface area (Å²) in [5.41, 5.74) is 9.55. The lowest BCUT2D eigenvalue weighted by Crippen LogP contribution is -2.45. The van der Waals surface area contributed by atoms with E-state index in [1.807, 2.05) is 6.07 Å². The van der Waals surface area contributed by atoms with E-state index < -0.39 is 0 Å². The van der Waals surface area contributed by atoms with Gasteiger partial charge < -0.3 is 10.5 Å². The van der Waals surface area contributed by atoms with Crippen LogP contribution in [0.15, 0.2) is 18.2 Å². The zero-order chi connectivity index (χ0) is 11.8. The van der Waals surface area contributed by atoms with Crippen LogP contribution in [0.5, 0.6) is 0 Å². The molecule has 1 fully saturated rings. The van der Waals surface area contributed by atoms with Crippen LogP contribution in [0.25, 0.3) is 0 Å². The quantitative estimate of drug-likeness (QED) is 0.812. The van der Waals surface area contributed by atoms with Crippen LogP contribution in [-0.4, -0.2) is 23.7 Å². The monoisotopic (exact) mass is 232 g/mol. The number of nitrogen functional groups attached to an aromatic ring is 1. The highest BCUT2D eigenvalue weighted by Crippen LogP contribution is 2.34. The Bertz CT molecular complexity index is 413. The maximum atomic E-state index is 5.82. The van der Waals surface area contributed by atoms with E-state index in [1.165, 1.54) is 24.0 Å². The van der Waals surface area contributed by atoms with Crippen molar-refractivity contribution in [3.8, 4) is 0 Å². The number of fused-ring (bicyclic) bond motifs is 1. The molecule has 1 saturated carbocycles. The number of ether oxygens (including phenoxy) is 1. The van der Waals surface area contributed by atoms with Gasteiger partial charge in [-0.2, -0.15) is 0 Å². The predicted octanol–water partition coefficient (Wildman–Crippen LogP) is 2.15. The van der Waals surface area contributed by atoms with Crippen LogP contribution < -0.4 is 5.73 Å². The summed E-state index contributed by atoms with van der Waals surface area (Å²) in [4.78, 5) is 2.56. The number of nitrogens with two attached hydrogens (primary N) is 1. The molecule has 2 aliphatic rings. The van der Waals surface area contributed by atoms with Gasteiger partial charge >= 0.3 is 0 Å². The highest BCUT2D eigenvalue weighted by Gasteiger charge is 2.36. The Balaban J connectivity index is 1.60. The third-order valence-electron chi connectivity index (χ3n) is 3.97. The summed E-state index contributed by atoms with van der Waals surface area (Å²) in [6, 6.07) is 7.00. The van der Waals surface area contributed by atoms with Crippen molar-refractivity contribution in [2.45, 2.75) is 45.0 Å². The van der Waals surface area contributed by atoms with Crippen LogP contribution in [0.1, 0.15) is 30.9 Å². The molecule has 2 N–H and O–H groups in total. The van der Waals surface area contributed by atoms with Crippen molar-refractivity contribution in [1.29, 1.82) is 0 Å². The first-order chi connectivity index (χ1) is 8.26. The van der Waals surface area contributed by atoms with Crippen LogP contribution in [0.3, 0.4) is 0 Å². The summed E-state index contributed by atoms with van der Waals surface area (Å²) >= 11 is 0. The van der Waals surface area contributed by atoms with Gasteiger partial charge in [0.15, 0.2) is 0 Å². The number of nitrogens with zero attached hydrogens (tertiary/aromatic N) is 1. The molecule has 0 amide bonds. The van der Waals surface area contributed by atoms with Crippen molar-refractivity contribution in [3.63, 3.8) is 0 Å². The lowest BCUT2D eigenvalue weighted by atomic mass is 9.88. The van der Waals surface area contributed by atoms with E-state index in [0.717, 1.165) is 25.4 Å². The fraction of sp³-hybridized carbons (Fsp3) is 0.571. The van der Waals surface area contributed by atoms with Crippen molar-refractivity contribution in [2.75, 3.05) is 12.3 Å². The highest BCUT2D eigenvalue weighted by atomic mass is 16.5. The second-order valence-electron chi connectivity index (χ2n) is 5.14. The molecule has 17 heavy (non-hydrogen) atoms. The van der Waals surface area contributed by atoms with Gasteiger partial charge in [-0.05, 0) is 43.0 Å². The van der Waals surface area contributed by atoms with Crippen LogP contribution in [0.4, 0.5) is 5.69 Å². The molecule has 3 nitrogen and oxygen atoms in total. The van der Waals surface area contributed by atoms with Gasteiger partial charge in [-0.15, -0.1) is 0 Å². The first-order valence-electron chi connectivity index (χ1n) is 6.49. The Morgan fingerprint density at radius 2 is 2.06 bits per heavy atom. The molecule has 3 heteroatoms. The Morgan fingerprint density at radius 3 is 2.82 bits per heavy atom. The number of benzene rings is 1. The number of hydrogen-bond acceptors (Lipinski definition) is 3. The van der Waals surface area contributed by atoms with E-state index >= 15 is 0 Å². The van der Waals surface area contributed by atoms with E-state index in [1.54, 1.807) is 0 Å². The summed E-state index contributed by atoms with van der Waals surface area (Å²) in [5.74, 6) is 0. The van der Waals surface area contributed by atoms with Gasteiger partial charge in [0.05, 0.1) is 6.10 Å². The minimum absolute atomic E-state index is 0.499. The maximum Gasteiger partial charge on any atom is 0.0604 e. The zero-order valence-corrected chi connectivity index (χ0v) is 10.4. The third kappa shape index (κ3) is 2.05. The second kappa shape index (κ2) is 4.31. The molecule has 1 aliphatic carbocycles. The topological polar surface area (TPSA) is 38.5 Å². The van der Waals surface area contributed by atoms with Crippen molar-refractivity contribution >= 4 is 5.69 Å². The summed E-state index contributed by atoms with van der Waals surface area (Å²) < 4.78 is 5.62. The minimum atomic E-state index is 0.499. The van der Waals surface area contributed by atoms with Crippen LogP contribution in [-0.2, 0) is 17.8 Å². The summed E-state index contributed by atoms with van der Waals surface area (Å²) in [6.07, 6.45) is 2.88. The average Bonchev–Trinajstić information content (AvgIpc) is 2.64. The van der Waals surface area contributed by atoms with Gasteiger partial charge in [0.1, 0.15) is 0 Å². The smallest absolute Gasteiger partial charge is 0.0604 e. The molecule has 0 aromatic heterocycles. The van der Waals surface area contributed by atoms with Crippen LogP contribution in [0, 0.1) is 0 Å². The van der Waals surface area contributed by atoms with Gasteiger partial charge in [0.2, 0.25) is 0 Å². The van der Waals surface area contributed by atoms with E-state index in [4.69, 9.17) is 10.5 Å². The summed E-state index contributed by atoms with van der Waals surface area (Å²) in [7, 11) is 0. The van der Waals surface area contributed by atoms with Crippen LogP contribution >= 0.6 is 0 Å². The van der Waals surface area contributed by atoms with Gasteiger partial charge in [0, 0.05) is 31.4 Å². The van der Waals surface area contributed by atoms with Crippen LogP contribution in [0.2, 0.25) is 0 Å². The second-order valence-corrected chi connectivity index (χ2v) is 5.14. The van der Waals surface area contributed by atoms with Gasteiger partial charge in [-0.3, -0.25) is 4.90 Å². The maximum absolute atomic E-state index is 5.82. The molecule has 0 radical (unpaired) electrons. The highest BCUT2D eigenvalue weighted by molar-refractivity contribution is 5.46. The molecule has 3 rings (SSSR count). The van der Waals surface area contributed by atoms with Gasteiger partial charge in [-0.1, -0.05) is 6.07 Å². The van der Waals surface area contributed by atoms with Crippen molar-refractivity contribution in [3.05, 3.63) is 29.3 Å². The molecule has 1 heterocycles. The minimum Gasteiger partial charge on any atom is -0.399 e. The summed E-state index contributed by atoms with van der Waals surface area (Å²) in [5, 5.41) is 0.